The van der Waals surface area contributed by atoms with Crippen LogP contribution >= 0.6 is 0 Å². The van der Waals surface area contributed by atoms with Crippen molar-refractivity contribution in [2.24, 2.45) is 0 Å². The van der Waals surface area contributed by atoms with E-state index in [0.29, 0.717) is 43.6 Å². The van der Waals surface area contributed by atoms with Crippen molar-refractivity contribution in [1.82, 2.24) is 4.98 Å². The van der Waals surface area contributed by atoms with Gasteiger partial charge in [-0.1, -0.05) is 13.8 Å². The molecule has 2 heterocycles. The van der Waals surface area contributed by atoms with Crippen molar-refractivity contribution in [3.8, 4) is 11.5 Å². The summed E-state index contributed by atoms with van der Waals surface area (Å²) >= 11 is 0. The summed E-state index contributed by atoms with van der Waals surface area (Å²) in [6.07, 6.45) is 1.71. The van der Waals surface area contributed by atoms with E-state index in [1.165, 1.54) is 12.1 Å². The molecule has 0 atom stereocenters. The quantitative estimate of drug-likeness (QED) is 0.448. The van der Waals surface area contributed by atoms with Crippen molar-refractivity contribution in [1.29, 1.82) is 0 Å². The summed E-state index contributed by atoms with van der Waals surface area (Å²) in [6.45, 7) is 6.37. The smallest absolute Gasteiger partial charge is 0.270 e. The molecule has 4 rings (SSSR count). The van der Waals surface area contributed by atoms with Crippen molar-refractivity contribution >= 4 is 23.0 Å². The minimum Gasteiger partial charge on any atom is -0.441 e. The minimum absolute atomic E-state index is 0.132. The van der Waals surface area contributed by atoms with Crippen molar-refractivity contribution in [2.75, 3.05) is 36.5 Å². The summed E-state index contributed by atoms with van der Waals surface area (Å²) in [4.78, 5) is 30.1. The zero-order valence-corrected chi connectivity index (χ0v) is 17.9. The molecule has 1 N–H and O–H groups in total. The fourth-order valence-corrected chi connectivity index (χ4v) is 3.48. The molecule has 9 heteroatoms. The average Bonchev–Trinajstić information content (AvgIpc) is 3.30. The van der Waals surface area contributed by atoms with Crippen LogP contribution in [0.2, 0.25) is 0 Å². The highest BCUT2D eigenvalue weighted by molar-refractivity contribution is 6.08. The molecular weight excluding hydrogens is 412 g/mol. The summed E-state index contributed by atoms with van der Waals surface area (Å²) in [5.74, 6) is 1.14. The largest absolute Gasteiger partial charge is 0.441 e. The first-order valence-corrected chi connectivity index (χ1v) is 10.4. The predicted molar refractivity (Wildman–Crippen MR) is 120 cm³/mol. The molecule has 32 heavy (non-hydrogen) atoms. The molecular formula is C23H24N4O5. The number of benzene rings is 2. The highest BCUT2D eigenvalue weighted by Gasteiger charge is 2.22. The van der Waals surface area contributed by atoms with Gasteiger partial charge in [-0.05, 0) is 30.3 Å². The lowest BCUT2D eigenvalue weighted by molar-refractivity contribution is -0.384. The number of rotatable bonds is 6. The zero-order valence-electron chi connectivity index (χ0n) is 17.9. The van der Waals surface area contributed by atoms with Gasteiger partial charge in [0.05, 0.1) is 35.6 Å². The van der Waals surface area contributed by atoms with E-state index in [1.54, 1.807) is 24.4 Å². The average molecular weight is 436 g/mol. The van der Waals surface area contributed by atoms with E-state index >= 15 is 0 Å². The number of oxazole rings is 1. The van der Waals surface area contributed by atoms with Gasteiger partial charge in [0.1, 0.15) is 5.76 Å². The Morgan fingerprint density at radius 3 is 2.50 bits per heavy atom. The fraction of sp³-hybridized carbons (Fsp3) is 0.304. The first kappa shape index (κ1) is 21.5. The van der Waals surface area contributed by atoms with E-state index < -0.39 is 10.8 Å². The van der Waals surface area contributed by atoms with Gasteiger partial charge < -0.3 is 19.4 Å². The van der Waals surface area contributed by atoms with Crippen molar-refractivity contribution in [3.63, 3.8) is 0 Å². The second kappa shape index (κ2) is 9.19. The van der Waals surface area contributed by atoms with Crippen LogP contribution in [0.3, 0.4) is 0 Å². The number of ether oxygens (including phenoxy) is 1. The Kier molecular flexibility index (Phi) is 6.18. The van der Waals surface area contributed by atoms with E-state index in [9.17, 15) is 14.9 Å². The van der Waals surface area contributed by atoms with E-state index in [4.69, 9.17) is 9.15 Å². The SMILES string of the molecule is CC(C)c1cnc(-c2ccc(NC(=O)c3cc([N+](=O)[O-])ccc3N3CCOCC3)cc2)o1. The topological polar surface area (TPSA) is 111 Å². The van der Waals surface area contributed by atoms with Gasteiger partial charge in [-0.15, -0.1) is 0 Å². The number of hydrogen-bond donors (Lipinski definition) is 1. The summed E-state index contributed by atoms with van der Waals surface area (Å²) in [7, 11) is 0. The number of morpholine rings is 1. The van der Waals surface area contributed by atoms with Gasteiger partial charge >= 0.3 is 0 Å². The second-order valence-corrected chi connectivity index (χ2v) is 7.81. The van der Waals surface area contributed by atoms with Gasteiger partial charge in [-0.2, -0.15) is 0 Å². The third-order valence-corrected chi connectivity index (χ3v) is 5.27. The number of anilines is 2. The van der Waals surface area contributed by atoms with Crippen LogP contribution in [0.25, 0.3) is 11.5 Å². The highest BCUT2D eigenvalue weighted by Crippen LogP contribution is 2.28. The monoisotopic (exact) mass is 436 g/mol. The molecule has 0 spiro atoms. The van der Waals surface area contributed by atoms with Crippen LogP contribution in [0.4, 0.5) is 17.1 Å². The van der Waals surface area contributed by atoms with Gasteiger partial charge in [0, 0.05) is 42.4 Å². The molecule has 1 aliphatic rings. The van der Waals surface area contributed by atoms with Gasteiger partial charge in [-0.25, -0.2) is 4.98 Å². The van der Waals surface area contributed by atoms with Crippen LogP contribution in [0.15, 0.2) is 53.1 Å². The summed E-state index contributed by atoms with van der Waals surface area (Å²) < 4.78 is 11.1. The first-order chi connectivity index (χ1) is 15.4. The Bertz CT molecular complexity index is 1120. The lowest BCUT2D eigenvalue weighted by Crippen LogP contribution is -2.37. The van der Waals surface area contributed by atoms with Crippen LogP contribution in [0, 0.1) is 10.1 Å². The molecule has 1 fully saturated rings. The number of carbonyl (C=O) groups excluding carboxylic acids is 1. The maximum absolute atomic E-state index is 13.1. The number of amides is 1. The highest BCUT2D eigenvalue weighted by atomic mass is 16.6. The molecule has 1 saturated heterocycles. The van der Waals surface area contributed by atoms with Crippen LogP contribution in [0.1, 0.15) is 35.9 Å². The molecule has 166 valence electrons. The number of nitro benzene ring substituents is 1. The summed E-state index contributed by atoms with van der Waals surface area (Å²) in [6, 6.07) is 11.5. The van der Waals surface area contributed by atoms with Crippen LogP contribution in [-0.2, 0) is 4.74 Å². The van der Waals surface area contributed by atoms with Crippen LogP contribution in [0.5, 0.6) is 0 Å². The number of non-ortho nitro benzene ring substituents is 1. The van der Waals surface area contributed by atoms with E-state index in [-0.39, 0.29) is 17.2 Å². The van der Waals surface area contributed by atoms with Gasteiger partial charge in [0.15, 0.2) is 0 Å². The third kappa shape index (κ3) is 4.62. The Hall–Kier alpha value is -3.72. The Morgan fingerprint density at radius 1 is 1.16 bits per heavy atom. The number of hydrogen-bond acceptors (Lipinski definition) is 7. The molecule has 0 unspecified atom stereocenters. The minimum atomic E-state index is -0.504. The molecule has 0 bridgehead atoms. The summed E-state index contributed by atoms with van der Waals surface area (Å²) in [5, 5.41) is 14.1. The van der Waals surface area contributed by atoms with Gasteiger partial charge in [-0.3, -0.25) is 14.9 Å². The number of nitrogens with zero attached hydrogens (tertiary/aromatic N) is 3. The lowest BCUT2D eigenvalue weighted by atomic mass is 10.1. The predicted octanol–water partition coefficient (Wildman–Crippen LogP) is 4.46. The van der Waals surface area contributed by atoms with E-state index in [2.05, 4.69) is 10.3 Å². The molecule has 1 aliphatic heterocycles. The number of aromatic nitrogens is 1. The van der Waals surface area contributed by atoms with Crippen LogP contribution in [-0.4, -0.2) is 42.1 Å². The Morgan fingerprint density at radius 2 is 1.88 bits per heavy atom. The Balaban J connectivity index is 1.56. The number of carbonyl (C=O) groups is 1. The normalized spacial score (nSPS) is 13.9. The first-order valence-electron chi connectivity index (χ1n) is 10.4. The molecule has 9 nitrogen and oxygen atoms in total. The molecule has 1 amide bonds. The lowest BCUT2D eigenvalue weighted by Gasteiger charge is -2.30. The van der Waals surface area contributed by atoms with E-state index in [0.717, 1.165) is 11.3 Å². The molecule has 3 aromatic rings. The summed E-state index contributed by atoms with van der Waals surface area (Å²) in [5.41, 5.74) is 2.12. The van der Waals surface area contributed by atoms with Crippen LogP contribution < -0.4 is 10.2 Å². The molecule has 1 aromatic heterocycles. The fourth-order valence-electron chi connectivity index (χ4n) is 3.48. The maximum Gasteiger partial charge on any atom is 0.270 e. The molecule has 0 aliphatic carbocycles. The standard InChI is InChI=1S/C23H24N4O5/c1-15(2)21-14-24-23(32-21)16-3-5-17(6-4-16)25-22(28)19-13-18(27(29)30)7-8-20(19)26-9-11-31-12-10-26/h3-8,13-15H,9-12H2,1-2H3,(H,25,28). The van der Waals surface area contributed by atoms with Gasteiger partial charge in [0.25, 0.3) is 11.6 Å². The van der Waals surface area contributed by atoms with Crippen molar-refractivity contribution < 1.29 is 18.9 Å². The van der Waals surface area contributed by atoms with Gasteiger partial charge in [0.2, 0.25) is 5.89 Å². The molecule has 0 saturated carbocycles. The molecule has 0 radical (unpaired) electrons. The molecule has 2 aromatic carbocycles. The Labute approximate surface area is 185 Å². The van der Waals surface area contributed by atoms with Crippen molar-refractivity contribution in [3.05, 3.63) is 70.1 Å². The van der Waals surface area contributed by atoms with Crippen molar-refractivity contribution in [2.45, 2.75) is 19.8 Å². The number of nitrogens with one attached hydrogen (secondary N) is 1. The number of nitro groups is 1. The zero-order chi connectivity index (χ0) is 22.7. The second-order valence-electron chi connectivity index (χ2n) is 7.81. The third-order valence-electron chi connectivity index (χ3n) is 5.27. The van der Waals surface area contributed by atoms with E-state index in [1.807, 2.05) is 30.9 Å². The maximum atomic E-state index is 13.1.